The number of hydrogen-bond acceptors (Lipinski definition) is 3. The van der Waals surface area contributed by atoms with Gasteiger partial charge in [-0.2, -0.15) is 0 Å². The fourth-order valence-electron chi connectivity index (χ4n) is 3.41. The third-order valence-electron chi connectivity index (χ3n) is 4.83. The summed E-state index contributed by atoms with van der Waals surface area (Å²) >= 11 is 0. The van der Waals surface area contributed by atoms with E-state index in [9.17, 15) is 4.79 Å². The van der Waals surface area contributed by atoms with Crippen LogP contribution in [0.25, 0.3) is 10.9 Å². The quantitative estimate of drug-likeness (QED) is 0.795. The molecule has 1 saturated heterocycles. The number of carbonyl (C=O) groups excluding carboxylic acids is 1. The molecule has 0 bridgehead atoms. The van der Waals surface area contributed by atoms with Crippen LogP contribution in [0.4, 0.5) is 0 Å². The number of piperidine rings is 1. The third-order valence-corrected chi connectivity index (χ3v) is 4.83. The monoisotopic (exact) mass is 335 g/mol. The van der Waals surface area contributed by atoms with Crippen LogP contribution >= 0.6 is 0 Å². The third kappa shape index (κ3) is 3.50. The van der Waals surface area contributed by atoms with Gasteiger partial charge < -0.3 is 14.6 Å². The summed E-state index contributed by atoms with van der Waals surface area (Å²) in [6.07, 6.45) is 5.63. The van der Waals surface area contributed by atoms with Crippen molar-refractivity contribution in [3.63, 3.8) is 0 Å². The zero-order chi connectivity index (χ0) is 17.1. The van der Waals surface area contributed by atoms with Gasteiger partial charge in [0, 0.05) is 48.0 Å². The maximum absolute atomic E-state index is 12.3. The molecule has 0 aliphatic carbocycles. The lowest BCUT2D eigenvalue weighted by molar-refractivity contribution is -0.134. The molecule has 1 amide bonds. The summed E-state index contributed by atoms with van der Waals surface area (Å²) in [5.74, 6) is 1.26. The Labute approximate surface area is 146 Å². The minimum absolute atomic E-state index is 0.0585. The fourth-order valence-corrected chi connectivity index (χ4v) is 3.41. The molecule has 1 fully saturated rings. The van der Waals surface area contributed by atoms with E-state index < -0.39 is 0 Å². The molecule has 0 saturated carbocycles. The van der Waals surface area contributed by atoms with Crippen LogP contribution in [0.15, 0.2) is 54.9 Å². The molecule has 3 heterocycles. The van der Waals surface area contributed by atoms with Crippen molar-refractivity contribution in [1.82, 2.24) is 14.9 Å². The first-order valence-electron chi connectivity index (χ1n) is 8.68. The number of H-pyrrole nitrogens is 1. The van der Waals surface area contributed by atoms with Crippen molar-refractivity contribution in [1.29, 1.82) is 0 Å². The Kier molecular flexibility index (Phi) is 4.37. The molecule has 3 aromatic rings. The average molecular weight is 335 g/mol. The van der Waals surface area contributed by atoms with Gasteiger partial charge in [0.1, 0.15) is 5.75 Å². The van der Waals surface area contributed by atoms with E-state index in [2.05, 4.69) is 16.0 Å². The van der Waals surface area contributed by atoms with E-state index in [-0.39, 0.29) is 12.5 Å². The molecular weight excluding hydrogens is 314 g/mol. The number of hydrogen-bond donors (Lipinski definition) is 1. The molecule has 128 valence electrons. The molecule has 2 aromatic heterocycles. The number of ether oxygens (including phenoxy) is 1. The molecule has 1 N–H and O–H groups in total. The smallest absolute Gasteiger partial charge is 0.260 e. The van der Waals surface area contributed by atoms with Crippen LogP contribution in [-0.2, 0) is 4.79 Å². The highest BCUT2D eigenvalue weighted by atomic mass is 16.5. The van der Waals surface area contributed by atoms with Gasteiger partial charge in [-0.25, -0.2) is 0 Å². The number of aromatic amines is 1. The van der Waals surface area contributed by atoms with Gasteiger partial charge in [-0.1, -0.05) is 18.2 Å². The summed E-state index contributed by atoms with van der Waals surface area (Å²) in [4.78, 5) is 21.9. The second kappa shape index (κ2) is 6.97. The molecule has 1 aliphatic rings. The first-order valence-corrected chi connectivity index (χ1v) is 8.68. The standard InChI is InChI=1S/C20H21N3O2/c24-20(14-25-17-4-2-1-3-5-17)23-10-7-15(8-11-23)19-12-16-13-21-9-6-18(16)22-19/h1-6,9,12-13,15,22H,7-8,10-11,14H2. The lowest BCUT2D eigenvalue weighted by Gasteiger charge is -2.31. The van der Waals surface area contributed by atoms with Gasteiger partial charge in [0.2, 0.25) is 0 Å². The normalized spacial score (nSPS) is 15.4. The lowest BCUT2D eigenvalue weighted by Crippen LogP contribution is -2.40. The van der Waals surface area contributed by atoms with Gasteiger partial charge in [-0.3, -0.25) is 9.78 Å². The van der Waals surface area contributed by atoms with E-state index in [1.54, 1.807) is 6.20 Å². The number of amides is 1. The van der Waals surface area contributed by atoms with Crippen LogP contribution in [0, 0.1) is 0 Å². The van der Waals surface area contributed by atoms with E-state index in [4.69, 9.17) is 4.74 Å². The van der Waals surface area contributed by atoms with Crippen molar-refractivity contribution < 1.29 is 9.53 Å². The zero-order valence-electron chi connectivity index (χ0n) is 14.0. The topological polar surface area (TPSA) is 58.2 Å². The number of para-hydroxylation sites is 1. The Hall–Kier alpha value is -2.82. The number of aromatic nitrogens is 2. The van der Waals surface area contributed by atoms with Gasteiger partial charge >= 0.3 is 0 Å². The predicted octanol–water partition coefficient (Wildman–Crippen LogP) is 3.35. The number of nitrogens with one attached hydrogen (secondary N) is 1. The number of benzene rings is 1. The van der Waals surface area contributed by atoms with E-state index in [1.165, 1.54) is 5.69 Å². The summed E-state index contributed by atoms with van der Waals surface area (Å²) in [5.41, 5.74) is 2.37. The fraction of sp³-hybridized carbons (Fsp3) is 0.300. The number of pyridine rings is 1. The second-order valence-electron chi connectivity index (χ2n) is 6.44. The first-order chi connectivity index (χ1) is 12.3. The van der Waals surface area contributed by atoms with E-state index >= 15 is 0 Å². The van der Waals surface area contributed by atoms with Gasteiger partial charge in [0.25, 0.3) is 5.91 Å². The predicted molar refractivity (Wildman–Crippen MR) is 96.6 cm³/mol. The van der Waals surface area contributed by atoms with Crippen LogP contribution in [0.2, 0.25) is 0 Å². The second-order valence-corrected chi connectivity index (χ2v) is 6.44. The average Bonchev–Trinajstić information content (AvgIpc) is 3.11. The molecule has 0 unspecified atom stereocenters. The largest absolute Gasteiger partial charge is 0.484 e. The summed E-state index contributed by atoms with van der Waals surface area (Å²) in [5, 5.41) is 1.15. The highest BCUT2D eigenvalue weighted by molar-refractivity contribution is 5.79. The van der Waals surface area contributed by atoms with Crippen LogP contribution in [-0.4, -0.2) is 40.5 Å². The number of likely N-dealkylation sites (tertiary alicyclic amines) is 1. The molecule has 0 spiro atoms. The van der Waals surface area contributed by atoms with Crippen molar-refractivity contribution in [3.8, 4) is 5.75 Å². The molecular formula is C20H21N3O2. The molecule has 0 radical (unpaired) electrons. The highest BCUT2D eigenvalue weighted by Crippen LogP contribution is 2.29. The molecule has 5 nitrogen and oxygen atoms in total. The Morgan fingerprint density at radius 1 is 1.20 bits per heavy atom. The van der Waals surface area contributed by atoms with Crippen LogP contribution in [0.1, 0.15) is 24.5 Å². The van der Waals surface area contributed by atoms with Crippen molar-refractivity contribution in [2.75, 3.05) is 19.7 Å². The van der Waals surface area contributed by atoms with Crippen molar-refractivity contribution >= 4 is 16.8 Å². The van der Waals surface area contributed by atoms with Gasteiger partial charge in [-0.15, -0.1) is 0 Å². The van der Waals surface area contributed by atoms with Crippen molar-refractivity contribution in [2.45, 2.75) is 18.8 Å². The van der Waals surface area contributed by atoms with Gasteiger partial charge in [0.15, 0.2) is 6.61 Å². The van der Waals surface area contributed by atoms with Crippen LogP contribution < -0.4 is 4.74 Å². The molecule has 5 heteroatoms. The lowest BCUT2D eigenvalue weighted by atomic mass is 9.93. The highest BCUT2D eigenvalue weighted by Gasteiger charge is 2.25. The number of rotatable bonds is 4. The molecule has 1 aliphatic heterocycles. The van der Waals surface area contributed by atoms with Gasteiger partial charge in [0.05, 0.1) is 0 Å². The van der Waals surface area contributed by atoms with E-state index in [1.807, 2.05) is 47.5 Å². The van der Waals surface area contributed by atoms with Gasteiger partial charge in [-0.05, 0) is 37.1 Å². The summed E-state index contributed by atoms with van der Waals surface area (Å²) in [6.45, 7) is 1.65. The molecule has 4 rings (SSSR count). The Balaban J connectivity index is 1.32. The summed E-state index contributed by atoms with van der Waals surface area (Å²) < 4.78 is 5.57. The minimum atomic E-state index is 0.0585. The molecule has 25 heavy (non-hydrogen) atoms. The van der Waals surface area contributed by atoms with E-state index in [0.29, 0.717) is 5.92 Å². The molecule has 1 aromatic carbocycles. The minimum Gasteiger partial charge on any atom is -0.484 e. The summed E-state index contributed by atoms with van der Waals surface area (Å²) in [7, 11) is 0. The first kappa shape index (κ1) is 15.7. The number of nitrogens with zero attached hydrogens (tertiary/aromatic N) is 2. The van der Waals surface area contributed by atoms with Crippen molar-refractivity contribution in [2.24, 2.45) is 0 Å². The molecule has 0 atom stereocenters. The Morgan fingerprint density at radius 2 is 2.00 bits per heavy atom. The zero-order valence-corrected chi connectivity index (χ0v) is 14.0. The summed E-state index contributed by atoms with van der Waals surface area (Å²) in [6, 6.07) is 13.7. The number of fused-ring (bicyclic) bond motifs is 1. The maximum Gasteiger partial charge on any atom is 0.260 e. The van der Waals surface area contributed by atoms with Crippen molar-refractivity contribution in [3.05, 3.63) is 60.6 Å². The number of carbonyl (C=O) groups is 1. The van der Waals surface area contributed by atoms with Crippen LogP contribution in [0.3, 0.4) is 0 Å². The van der Waals surface area contributed by atoms with Crippen LogP contribution in [0.5, 0.6) is 5.75 Å². The SMILES string of the molecule is O=C(COc1ccccc1)N1CCC(c2cc3cnccc3[nH]2)CC1. The Morgan fingerprint density at radius 3 is 2.76 bits per heavy atom. The Bertz CT molecular complexity index is 819. The van der Waals surface area contributed by atoms with E-state index in [0.717, 1.165) is 42.6 Å². The maximum atomic E-state index is 12.3.